The molecule has 2 rings (SSSR count). The zero-order chi connectivity index (χ0) is 14.0. The molecule has 0 aliphatic rings. The van der Waals surface area contributed by atoms with Gasteiger partial charge in [-0.15, -0.1) is 0 Å². The zero-order valence-electron chi connectivity index (χ0n) is 10.8. The fourth-order valence-electron chi connectivity index (χ4n) is 1.94. The summed E-state index contributed by atoms with van der Waals surface area (Å²) >= 11 is 6.09. The van der Waals surface area contributed by atoms with Crippen molar-refractivity contribution < 1.29 is 9.90 Å². The minimum Gasteiger partial charge on any atom is -0.392 e. The molecule has 4 nitrogen and oxygen atoms in total. The maximum atomic E-state index is 12.2. The third-order valence-corrected chi connectivity index (χ3v) is 3.09. The van der Waals surface area contributed by atoms with Crippen molar-refractivity contribution in [3.8, 4) is 0 Å². The molecule has 0 aliphatic carbocycles. The van der Waals surface area contributed by atoms with Gasteiger partial charge in [-0.2, -0.15) is 0 Å². The van der Waals surface area contributed by atoms with E-state index in [1.54, 1.807) is 20.0 Å². The number of aliphatic hydroxyl groups excluding tert-OH is 1. The van der Waals surface area contributed by atoms with E-state index in [1.165, 1.54) is 4.90 Å². The Bertz CT molecular complexity index is 613. The van der Waals surface area contributed by atoms with Crippen molar-refractivity contribution in [1.82, 2.24) is 9.88 Å². The lowest BCUT2D eigenvalue weighted by molar-refractivity contribution is 0.0698. The van der Waals surface area contributed by atoms with E-state index in [2.05, 4.69) is 4.98 Å². The summed E-state index contributed by atoms with van der Waals surface area (Å²) in [5.41, 5.74) is 0.284. The number of aliphatic hydroxyl groups is 1. The van der Waals surface area contributed by atoms with Crippen LogP contribution in [-0.2, 0) is 0 Å². The summed E-state index contributed by atoms with van der Waals surface area (Å²) < 4.78 is 0. The fraction of sp³-hybridized carbons (Fsp3) is 0.286. The van der Waals surface area contributed by atoms with Crippen LogP contribution in [-0.4, -0.2) is 40.6 Å². The first-order chi connectivity index (χ1) is 8.99. The number of halogens is 1. The molecule has 1 aromatic carbocycles. The van der Waals surface area contributed by atoms with Gasteiger partial charge in [0.2, 0.25) is 0 Å². The van der Waals surface area contributed by atoms with Gasteiger partial charge in [-0.3, -0.25) is 4.79 Å². The number of hydrogen-bond acceptors (Lipinski definition) is 3. The SMILES string of the molecule is CC(O)CN(C)C(=O)c1cc2ccccc2c(Cl)n1. The number of carbonyl (C=O) groups excluding carboxylic acids is 1. The van der Waals surface area contributed by atoms with Crippen LogP contribution >= 0.6 is 11.6 Å². The maximum absolute atomic E-state index is 12.2. The molecule has 1 aromatic heterocycles. The van der Waals surface area contributed by atoms with Crippen LogP contribution in [0.25, 0.3) is 10.8 Å². The van der Waals surface area contributed by atoms with Gasteiger partial charge < -0.3 is 10.0 Å². The number of fused-ring (bicyclic) bond motifs is 1. The number of amides is 1. The molecule has 0 bridgehead atoms. The Labute approximate surface area is 116 Å². The van der Waals surface area contributed by atoms with Crippen LogP contribution in [0.5, 0.6) is 0 Å². The second-order valence-electron chi connectivity index (χ2n) is 4.55. The van der Waals surface area contributed by atoms with Crippen LogP contribution in [0.1, 0.15) is 17.4 Å². The molecule has 0 saturated heterocycles. The van der Waals surface area contributed by atoms with Crippen molar-refractivity contribution >= 4 is 28.3 Å². The topological polar surface area (TPSA) is 53.4 Å². The van der Waals surface area contributed by atoms with Crippen LogP contribution in [0, 0.1) is 0 Å². The lowest BCUT2D eigenvalue weighted by atomic mass is 10.1. The molecule has 1 unspecified atom stereocenters. The Morgan fingerprint density at radius 2 is 2.16 bits per heavy atom. The number of carbonyl (C=O) groups is 1. The highest BCUT2D eigenvalue weighted by atomic mass is 35.5. The second kappa shape index (κ2) is 5.55. The summed E-state index contributed by atoms with van der Waals surface area (Å²) in [6, 6.07) is 9.21. The molecule has 0 radical (unpaired) electrons. The lowest BCUT2D eigenvalue weighted by Gasteiger charge is -2.18. The van der Waals surface area contributed by atoms with Crippen molar-refractivity contribution in [2.75, 3.05) is 13.6 Å². The summed E-state index contributed by atoms with van der Waals surface area (Å²) in [5.74, 6) is -0.256. The average Bonchev–Trinajstić information content (AvgIpc) is 2.37. The van der Waals surface area contributed by atoms with Crippen molar-refractivity contribution in [2.24, 2.45) is 0 Å². The van der Waals surface area contributed by atoms with Gasteiger partial charge in [0.05, 0.1) is 6.10 Å². The largest absolute Gasteiger partial charge is 0.392 e. The van der Waals surface area contributed by atoms with Gasteiger partial charge >= 0.3 is 0 Å². The Kier molecular flexibility index (Phi) is 4.02. The standard InChI is InChI=1S/C14H15ClN2O2/c1-9(18)8-17(2)14(19)12-7-10-5-3-4-6-11(10)13(15)16-12/h3-7,9,18H,8H2,1-2H3. The van der Waals surface area contributed by atoms with Crippen LogP contribution < -0.4 is 0 Å². The highest BCUT2D eigenvalue weighted by Crippen LogP contribution is 2.22. The minimum atomic E-state index is -0.579. The molecular weight excluding hydrogens is 264 g/mol. The molecule has 0 fully saturated rings. The lowest BCUT2D eigenvalue weighted by Crippen LogP contribution is -2.33. The van der Waals surface area contributed by atoms with Gasteiger partial charge in [-0.25, -0.2) is 4.98 Å². The van der Waals surface area contributed by atoms with Gasteiger partial charge in [0, 0.05) is 19.0 Å². The Morgan fingerprint density at radius 1 is 1.47 bits per heavy atom. The number of likely N-dealkylation sites (N-methyl/N-ethyl adjacent to an activating group) is 1. The second-order valence-corrected chi connectivity index (χ2v) is 4.91. The number of nitrogens with zero attached hydrogens (tertiary/aromatic N) is 2. The third-order valence-electron chi connectivity index (χ3n) is 2.80. The summed E-state index contributed by atoms with van der Waals surface area (Å²) in [4.78, 5) is 17.7. The Hall–Kier alpha value is -1.65. The van der Waals surface area contributed by atoms with Gasteiger partial charge in [0.25, 0.3) is 5.91 Å². The molecule has 1 amide bonds. The zero-order valence-corrected chi connectivity index (χ0v) is 11.6. The van der Waals surface area contributed by atoms with Crippen molar-refractivity contribution in [1.29, 1.82) is 0 Å². The highest BCUT2D eigenvalue weighted by molar-refractivity contribution is 6.34. The summed E-state index contributed by atoms with van der Waals surface area (Å²) in [6.45, 7) is 1.88. The molecule has 1 N–H and O–H groups in total. The molecule has 19 heavy (non-hydrogen) atoms. The summed E-state index contributed by atoms with van der Waals surface area (Å²) in [7, 11) is 1.62. The van der Waals surface area contributed by atoms with Crippen molar-refractivity contribution in [2.45, 2.75) is 13.0 Å². The molecule has 2 aromatic rings. The van der Waals surface area contributed by atoms with Gasteiger partial charge in [0.15, 0.2) is 0 Å². The first-order valence-corrected chi connectivity index (χ1v) is 6.35. The predicted molar refractivity (Wildman–Crippen MR) is 75.4 cm³/mol. The maximum Gasteiger partial charge on any atom is 0.272 e. The minimum absolute atomic E-state index is 0.255. The number of pyridine rings is 1. The van der Waals surface area contributed by atoms with Gasteiger partial charge in [0.1, 0.15) is 10.8 Å². The van der Waals surface area contributed by atoms with E-state index in [0.29, 0.717) is 5.15 Å². The Morgan fingerprint density at radius 3 is 2.84 bits per heavy atom. The van der Waals surface area contributed by atoms with Crippen LogP contribution in [0.4, 0.5) is 0 Å². The first kappa shape index (κ1) is 13.8. The molecule has 1 heterocycles. The monoisotopic (exact) mass is 278 g/mol. The number of hydrogen-bond donors (Lipinski definition) is 1. The smallest absolute Gasteiger partial charge is 0.272 e. The van der Waals surface area contributed by atoms with Gasteiger partial charge in [-0.05, 0) is 18.4 Å². The van der Waals surface area contributed by atoms with Gasteiger partial charge in [-0.1, -0.05) is 35.9 Å². The van der Waals surface area contributed by atoms with E-state index in [-0.39, 0.29) is 18.1 Å². The van der Waals surface area contributed by atoms with E-state index in [1.807, 2.05) is 24.3 Å². The molecular formula is C14H15ClN2O2. The van der Waals surface area contributed by atoms with Crippen LogP contribution in [0.3, 0.4) is 0 Å². The molecule has 0 aliphatic heterocycles. The van der Waals surface area contributed by atoms with E-state index in [4.69, 9.17) is 11.6 Å². The molecule has 0 spiro atoms. The fourth-order valence-corrected chi connectivity index (χ4v) is 2.20. The van der Waals surface area contributed by atoms with E-state index in [9.17, 15) is 9.90 Å². The van der Waals surface area contributed by atoms with E-state index in [0.717, 1.165) is 10.8 Å². The number of benzene rings is 1. The quantitative estimate of drug-likeness (QED) is 0.877. The molecule has 100 valence electrons. The molecule has 5 heteroatoms. The third kappa shape index (κ3) is 3.03. The summed E-state index contributed by atoms with van der Waals surface area (Å²) in [5, 5.41) is 11.3. The van der Waals surface area contributed by atoms with Crippen LogP contribution in [0.2, 0.25) is 5.15 Å². The molecule has 1 atom stereocenters. The summed E-state index contributed by atoms with van der Waals surface area (Å²) in [6.07, 6.45) is -0.579. The van der Waals surface area contributed by atoms with E-state index < -0.39 is 6.10 Å². The normalized spacial score (nSPS) is 12.4. The van der Waals surface area contributed by atoms with Crippen LogP contribution in [0.15, 0.2) is 30.3 Å². The van der Waals surface area contributed by atoms with Crippen molar-refractivity contribution in [3.05, 3.63) is 41.2 Å². The van der Waals surface area contributed by atoms with E-state index >= 15 is 0 Å². The highest BCUT2D eigenvalue weighted by Gasteiger charge is 2.16. The predicted octanol–water partition coefficient (Wildman–Crippen LogP) is 2.34. The first-order valence-electron chi connectivity index (χ1n) is 5.98. The van der Waals surface area contributed by atoms with Crippen molar-refractivity contribution in [3.63, 3.8) is 0 Å². The average molecular weight is 279 g/mol. The Balaban J connectivity index is 2.38. The number of aromatic nitrogens is 1. The number of rotatable bonds is 3. The molecule has 0 saturated carbocycles.